The van der Waals surface area contributed by atoms with Gasteiger partial charge in [-0.1, -0.05) is 0 Å². The van der Waals surface area contributed by atoms with Crippen molar-refractivity contribution in [1.29, 1.82) is 0 Å². The molecule has 0 atom stereocenters. The Morgan fingerprint density at radius 2 is 2.09 bits per heavy atom. The second-order valence-electron chi connectivity index (χ2n) is 7.14. The topological polar surface area (TPSA) is 141 Å². The zero-order valence-corrected chi connectivity index (χ0v) is 18.8. The standard InChI is InChI=1S/C20H20BrFN8O3/c21-15-8-14(2-3-16(15)22)26-19(27-32)17-18(29-33-28-17)24-5-1-6-25-20(31)30-10-12-4-7-23-9-13(12)11-30/h2-4,7-9,32H,1,5-6,10-11H2,(H,24,29)(H,25,31)(H,26,27). The van der Waals surface area contributed by atoms with Crippen LogP contribution in [0.25, 0.3) is 0 Å². The highest BCUT2D eigenvalue weighted by molar-refractivity contribution is 9.10. The predicted molar refractivity (Wildman–Crippen MR) is 120 cm³/mol. The van der Waals surface area contributed by atoms with E-state index in [1.807, 2.05) is 11.5 Å². The van der Waals surface area contributed by atoms with E-state index in [9.17, 15) is 14.4 Å². The number of carbonyl (C=O) groups is 1. The van der Waals surface area contributed by atoms with Gasteiger partial charge in [-0.05, 0) is 68.1 Å². The first-order valence-corrected chi connectivity index (χ1v) is 10.8. The van der Waals surface area contributed by atoms with Crippen LogP contribution in [0, 0.1) is 5.82 Å². The van der Waals surface area contributed by atoms with E-state index in [-0.39, 0.29) is 27.9 Å². The average molecular weight is 519 g/mol. The van der Waals surface area contributed by atoms with E-state index in [1.165, 1.54) is 18.2 Å². The van der Waals surface area contributed by atoms with Crippen molar-refractivity contribution in [2.24, 2.45) is 4.99 Å². The van der Waals surface area contributed by atoms with Crippen LogP contribution in [0.3, 0.4) is 0 Å². The number of pyridine rings is 1. The zero-order chi connectivity index (χ0) is 23.2. The molecule has 4 N–H and O–H groups in total. The Labute approximate surface area is 196 Å². The lowest BCUT2D eigenvalue weighted by Crippen LogP contribution is -2.37. The summed E-state index contributed by atoms with van der Waals surface area (Å²) < 4.78 is 18.4. The van der Waals surface area contributed by atoms with Gasteiger partial charge in [-0.2, -0.15) is 0 Å². The summed E-state index contributed by atoms with van der Waals surface area (Å²) in [6.07, 6.45) is 4.11. The zero-order valence-electron chi connectivity index (χ0n) is 17.3. The van der Waals surface area contributed by atoms with Crippen molar-refractivity contribution in [2.45, 2.75) is 19.5 Å². The minimum absolute atomic E-state index is 0.0337. The van der Waals surface area contributed by atoms with E-state index in [1.54, 1.807) is 17.3 Å². The molecule has 1 aromatic carbocycles. The van der Waals surface area contributed by atoms with Gasteiger partial charge in [0.05, 0.1) is 10.2 Å². The number of rotatable bonds is 7. The SMILES string of the molecule is O=C(NCCCNc1nonc1C(=Nc1ccc(F)c(Br)c1)NO)N1Cc2ccncc2C1. The fraction of sp³-hybridized carbons (Fsp3) is 0.250. The lowest BCUT2D eigenvalue weighted by Gasteiger charge is -2.16. The number of halogens is 2. The first kappa shape index (κ1) is 22.6. The normalized spacial score (nSPS) is 13.1. The highest BCUT2D eigenvalue weighted by Gasteiger charge is 2.23. The summed E-state index contributed by atoms with van der Waals surface area (Å²) in [7, 11) is 0. The summed E-state index contributed by atoms with van der Waals surface area (Å²) >= 11 is 3.09. The molecule has 3 aromatic rings. The maximum Gasteiger partial charge on any atom is 0.318 e. The molecule has 1 aliphatic rings. The van der Waals surface area contributed by atoms with Gasteiger partial charge in [-0.3, -0.25) is 15.7 Å². The van der Waals surface area contributed by atoms with E-state index in [0.29, 0.717) is 38.3 Å². The number of benzene rings is 1. The first-order valence-electron chi connectivity index (χ1n) is 10.0. The summed E-state index contributed by atoms with van der Waals surface area (Å²) in [6.45, 7) is 2.01. The Kier molecular flexibility index (Phi) is 7.10. The summed E-state index contributed by atoms with van der Waals surface area (Å²) in [5, 5.41) is 22.9. The van der Waals surface area contributed by atoms with Crippen LogP contribution >= 0.6 is 15.9 Å². The molecule has 0 unspecified atom stereocenters. The molecule has 33 heavy (non-hydrogen) atoms. The van der Waals surface area contributed by atoms with Crippen LogP contribution in [0.4, 0.5) is 20.7 Å². The summed E-state index contributed by atoms with van der Waals surface area (Å²) in [5.74, 6) is -0.213. The fourth-order valence-corrected chi connectivity index (χ4v) is 3.61. The van der Waals surface area contributed by atoms with Crippen LogP contribution in [0.1, 0.15) is 23.2 Å². The Balaban J connectivity index is 1.27. The van der Waals surface area contributed by atoms with Gasteiger partial charge in [0.15, 0.2) is 11.5 Å². The lowest BCUT2D eigenvalue weighted by atomic mass is 10.2. The number of aromatic nitrogens is 3. The maximum absolute atomic E-state index is 13.4. The minimum Gasteiger partial charge on any atom is -0.365 e. The molecule has 11 nitrogen and oxygen atoms in total. The van der Waals surface area contributed by atoms with Gasteiger partial charge < -0.3 is 15.5 Å². The molecule has 13 heteroatoms. The molecule has 0 saturated carbocycles. The number of hydrogen-bond donors (Lipinski definition) is 4. The number of aliphatic imine (C=N–C) groups is 1. The van der Waals surface area contributed by atoms with Crippen LogP contribution < -0.4 is 16.1 Å². The summed E-state index contributed by atoms with van der Waals surface area (Å²) in [5.41, 5.74) is 4.64. The number of anilines is 1. The van der Waals surface area contributed by atoms with Gasteiger partial charge in [0.25, 0.3) is 0 Å². The molecular weight excluding hydrogens is 499 g/mol. The van der Waals surface area contributed by atoms with E-state index in [4.69, 9.17) is 4.63 Å². The smallest absolute Gasteiger partial charge is 0.318 e. The number of amides is 2. The van der Waals surface area contributed by atoms with Crippen molar-refractivity contribution in [1.82, 2.24) is 31.0 Å². The van der Waals surface area contributed by atoms with Gasteiger partial charge in [-0.15, -0.1) is 0 Å². The minimum atomic E-state index is -0.434. The number of nitrogens with one attached hydrogen (secondary N) is 3. The lowest BCUT2D eigenvalue weighted by molar-refractivity contribution is 0.198. The van der Waals surface area contributed by atoms with Crippen LogP contribution in [-0.4, -0.2) is 50.4 Å². The monoisotopic (exact) mass is 518 g/mol. The maximum atomic E-state index is 13.4. The number of nitrogens with zero attached hydrogens (tertiary/aromatic N) is 5. The van der Waals surface area contributed by atoms with E-state index < -0.39 is 5.82 Å². The molecule has 0 fully saturated rings. The van der Waals surface area contributed by atoms with Gasteiger partial charge in [0.1, 0.15) is 5.82 Å². The second-order valence-corrected chi connectivity index (χ2v) is 8.00. The number of carbonyl (C=O) groups excluding carboxylic acids is 1. The number of hydroxylamine groups is 1. The van der Waals surface area contributed by atoms with Crippen molar-refractivity contribution in [3.05, 3.63) is 63.8 Å². The average Bonchev–Trinajstić information content (AvgIpc) is 3.46. The molecule has 0 saturated heterocycles. The second kappa shape index (κ2) is 10.4. The van der Waals surface area contributed by atoms with Gasteiger partial charge in [0, 0.05) is 38.6 Å². The highest BCUT2D eigenvalue weighted by Crippen LogP contribution is 2.23. The van der Waals surface area contributed by atoms with E-state index in [0.717, 1.165) is 11.1 Å². The molecule has 0 bridgehead atoms. The molecule has 0 spiro atoms. The molecule has 0 aliphatic carbocycles. The molecule has 1 aliphatic heterocycles. The van der Waals surface area contributed by atoms with Crippen molar-refractivity contribution < 1.29 is 19.0 Å². The Bertz CT molecular complexity index is 1150. The Morgan fingerprint density at radius 1 is 1.24 bits per heavy atom. The first-order chi connectivity index (χ1) is 16.0. The quantitative estimate of drug-likeness (QED) is 0.162. The van der Waals surface area contributed by atoms with E-state index >= 15 is 0 Å². The Morgan fingerprint density at radius 3 is 2.88 bits per heavy atom. The van der Waals surface area contributed by atoms with Crippen molar-refractivity contribution in [3.63, 3.8) is 0 Å². The van der Waals surface area contributed by atoms with E-state index in [2.05, 4.69) is 46.9 Å². The Hall–Kier alpha value is -3.58. The van der Waals surface area contributed by atoms with Gasteiger partial charge in [0.2, 0.25) is 5.82 Å². The van der Waals surface area contributed by atoms with Crippen molar-refractivity contribution >= 4 is 39.3 Å². The summed E-state index contributed by atoms with van der Waals surface area (Å²) in [4.78, 5) is 22.4. The molecular formula is C20H20BrFN8O3. The molecule has 2 aromatic heterocycles. The third kappa shape index (κ3) is 5.43. The molecule has 4 rings (SSSR count). The third-order valence-corrected chi connectivity index (χ3v) is 5.51. The number of fused-ring (bicyclic) bond motifs is 1. The van der Waals surface area contributed by atoms with Crippen LogP contribution in [0.15, 0.2) is 50.8 Å². The number of urea groups is 1. The van der Waals surface area contributed by atoms with Crippen LogP contribution in [0.2, 0.25) is 0 Å². The van der Waals surface area contributed by atoms with Gasteiger partial charge in [-0.25, -0.2) is 18.8 Å². The molecule has 3 heterocycles. The predicted octanol–water partition coefficient (Wildman–Crippen LogP) is 2.95. The molecule has 2 amide bonds. The highest BCUT2D eigenvalue weighted by atomic mass is 79.9. The summed E-state index contributed by atoms with van der Waals surface area (Å²) in [6, 6.07) is 5.91. The van der Waals surface area contributed by atoms with Crippen LogP contribution in [0.5, 0.6) is 0 Å². The molecule has 172 valence electrons. The molecule has 0 radical (unpaired) electrons. The fourth-order valence-electron chi connectivity index (χ4n) is 3.24. The number of hydrogen-bond acceptors (Lipinski definition) is 8. The number of amidine groups is 1. The largest absolute Gasteiger partial charge is 0.365 e. The van der Waals surface area contributed by atoms with Crippen molar-refractivity contribution in [3.8, 4) is 0 Å². The van der Waals surface area contributed by atoms with Crippen molar-refractivity contribution in [2.75, 3.05) is 18.4 Å². The third-order valence-electron chi connectivity index (χ3n) is 4.90. The van der Waals surface area contributed by atoms with Crippen LogP contribution in [-0.2, 0) is 13.1 Å². The van der Waals surface area contributed by atoms with Gasteiger partial charge >= 0.3 is 6.03 Å².